The van der Waals surface area contributed by atoms with Gasteiger partial charge in [0.25, 0.3) is 0 Å². The largest absolute Gasteiger partial charge is 0.380 e. The zero-order valence-electron chi connectivity index (χ0n) is 11.5. The molecule has 1 aromatic carbocycles. The number of ether oxygens (including phenoxy) is 1. The Labute approximate surface area is 116 Å². The first-order valence-corrected chi connectivity index (χ1v) is 6.50. The van der Waals surface area contributed by atoms with Crippen LogP contribution >= 0.6 is 0 Å². The van der Waals surface area contributed by atoms with Gasteiger partial charge >= 0.3 is 5.69 Å². The smallest absolute Gasteiger partial charge is 0.301 e. The van der Waals surface area contributed by atoms with Gasteiger partial charge in [0.05, 0.1) is 22.4 Å². The highest BCUT2D eigenvalue weighted by Crippen LogP contribution is 2.32. The van der Waals surface area contributed by atoms with Crippen molar-refractivity contribution in [2.24, 2.45) is 0 Å². The number of benzene rings is 1. The third-order valence-electron chi connectivity index (χ3n) is 2.91. The molecule has 2 aromatic rings. The fourth-order valence-corrected chi connectivity index (χ4v) is 2.05. The van der Waals surface area contributed by atoms with Gasteiger partial charge in [-0.05, 0) is 38.1 Å². The van der Waals surface area contributed by atoms with Crippen molar-refractivity contribution in [2.45, 2.75) is 19.9 Å². The van der Waals surface area contributed by atoms with E-state index in [0.29, 0.717) is 29.8 Å². The highest BCUT2D eigenvalue weighted by molar-refractivity contribution is 5.94. The van der Waals surface area contributed by atoms with Crippen LogP contribution in [-0.2, 0) is 4.74 Å². The first kappa shape index (κ1) is 14.2. The highest BCUT2D eigenvalue weighted by Gasteiger charge is 2.19. The number of anilines is 1. The van der Waals surface area contributed by atoms with Crippen LogP contribution in [0.3, 0.4) is 0 Å². The van der Waals surface area contributed by atoms with Gasteiger partial charge in [0.1, 0.15) is 5.69 Å². The summed E-state index contributed by atoms with van der Waals surface area (Å²) in [5.41, 5.74) is 1.16. The molecule has 1 aromatic heterocycles. The molecule has 0 saturated heterocycles. The molecule has 0 amide bonds. The van der Waals surface area contributed by atoms with Crippen LogP contribution in [0.15, 0.2) is 30.5 Å². The maximum atomic E-state index is 11.3. The van der Waals surface area contributed by atoms with Gasteiger partial charge in [-0.2, -0.15) is 0 Å². The summed E-state index contributed by atoms with van der Waals surface area (Å²) in [4.78, 5) is 15.1. The van der Waals surface area contributed by atoms with E-state index in [2.05, 4.69) is 10.3 Å². The van der Waals surface area contributed by atoms with Gasteiger partial charge in [0.15, 0.2) is 0 Å². The Bertz CT molecular complexity index is 616. The van der Waals surface area contributed by atoms with Crippen molar-refractivity contribution >= 4 is 22.3 Å². The lowest BCUT2D eigenvalue weighted by atomic mass is 10.1. The summed E-state index contributed by atoms with van der Waals surface area (Å²) in [6, 6.07) is 6.86. The lowest BCUT2D eigenvalue weighted by Crippen LogP contribution is -2.22. The summed E-state index contributed by atoms with van der Waals surface area (Å²) in [5.74, 6) is 0. The molecule has 106 valence electrons. The monoisotopic (exact) mass is 275 g/mol. The number of nitro benzene ring substituents is 1. The number of aromatic nitrogens is 1. The maximum Gasteiger partial charge on any atom is 0.301 e. The Balaban J connectivity index is 2.37. The average Bonchev–Trinajstić information content (AvgIpc) is 2.44. The van der Waals surface area contributed by atoms with Gasteiger partial charge in [-0.25, -0.2) is 0 Å². The Morgan fingerprint density at radius 3 is 2.95 bits per heavy atom. The highest BCUT2D eigenvalue weighted by atomic mass is 16.6. The Morgan fingerprint density at radius 1 is 1.45 bits per heavy atom. The number of hydrogen-bond donors (Lipinski definition) is 1. The molecular weight excluding hydrogens is 258 g/mol. The van der Waals surface area contributed by atoms with E-state index in [4.69, 9.17) is 4.74 Å². The number of nitrogens with one attached hydrogen (secondary N) is 1. The van der Waals surface area contributed by atoms with Gasteiger partial charge in [-0.3, -0.25) is 15.1 Å². The Hall–Kier alpha value is -2.21. The van der Waals surface area contributed by atoms with Crippen LogP contribution in [0.2, 0.25) is 0 Å². The minimum absolute atomic E-state index is 0.0113. The second-order valence-corrected chi connectivity index (χ2v) is 4.49. The standard InChI is InChI=1S/C14H17N3O3/c1-3-20-9-10(2)16-13-7-6-12-11(5-4-8-15-12)14(13)17(18)19/h4-8,10,16H,3,9H2,1-2H3. The number of hydrogen-bond acceptors (Lipinski definition) is 5. The number of nitrogens with zero attached hydrogens (tertiary/aromatic N) is 2. The lowest BCUT2D eigenvalue weighted by molar-refractivity contribution is -0.382. The number of fused-ring (bicyclic) bond motifs is 1. The molecule has 0 aliphatic rings. The molecule has 1 atom stereocenters. The van der Waals surface area contributed by atoms with Crippen molar-refractivity contribution in [3.05, 3.63) is 40.6 Å². The van der Waals surface area contributed by atoms with Crippen LogP contribution in [0.25, 0.3) is 10.9 Å². The van der Waals surface area contributed by atoms with E-state index in [9.17, 15) is 10.1 Å². The molecular formula is C14H17N3O3. The van der Waals surface area contributed by atoms with E-state index in [1.165, 1.54) is 0 Å². The van der Waals surface area contributed by atoms with Crippen LogP contribution in [0.5, 0.6) is 0 Å². The summed E-state index contributed by atoms with van der Waals surface area (Å²) in [7, 11) is 0. The molecule has 6 heteroatoms. The second-order valence-electron chi connectivity index (χ2n) is 4.49. The van der Waals surface area contributed by atoms with Crippen molar-refractivity contribution in [1.82, 2.24) is 4.98 Å². The quantitative estimate of drug-likeness (QED) is 0.647. The van der Waals surface area contributed by atoms with Gasteiger partial charge < -0.3 is 10.1 Å². The van der Waals surface area contributed by atoms with Crippen molar-refractivity contribution in [3.63, 3.8) is 0 Å². The van der Waals surface area contributed by atoms with Gasteiger partial charge in [-0.15, -0.1) is 0 Å². The molecule has 6 nitrogen and oxygen atoms in total. The first-order valence-electron chi connectivity index (χ1n) is 6.50. The fraction of sp³-hybridized carbons (Fsp3) is 0.357. The first-order chi connectivity index (χ1) is 9.63. The van der Waals surface area contributed by atoms with Crippen molar-refractivity contribution in [1.29, 1.82) is 0 Å². The fourth-order valence-electron chi connectivity index (χ4n) is 2.05. The molecule has 1 N–H and O–H groups in total. The Morgan fingerprint density at radius 2 is 2.25 bits per heavy atom. The average molecular weight is 275 g/mol. The molecule has 0 bridgehead atoms. The van der Waals surface area contributed by atoms with E-state index in [1.807, 2.05) is 13.8 Å². The van der Waals surface area contributed by atoms with Crippen LogP contribution in [0, 0.1) is 10.1 Å². The number of nitro groups is 1. The van der Waals surface area contributed by atoms with Gasteiger partial charge in [0, 0.05) is 18.8 Å². The van der Waals surface area contributed by atoms with E-state index in [0.717, 1.165) is 0 Å². The predicted octanol–water partition coefficient (Wildman–Crippen LogP) is 2.98. The van der Waals surface area contributed by atoms with Gasteiger partial charge in [-0.1, -0.05) is 0 Å². The molecule has 0 saturated carbocycles. The van der Waals surface area contributed by atoms with E-state index in [1.54, 1.807) is 30.5 Å². The molecule has 2 rings (SSSR count). The molecule has 0 aliphatic carbocycles. The molecule has 1 unspecified atom stereocenters. The lowest BCUT2D eigenvalue weighted by Gasteiger charge is -2.15. The number of rotatable bonds is 6. The van der Waals surface area contributed by atoms with Crippen LogP contribution < -0.4 is 5.32 Å². The van der Waals surface area contributed by atoms with E-state index < -0.39 is 0 Å². The molecule has 0 spiro atoms. The third kappa shape index (κ3) is 3.03. The molecule has 0 radical (unpaired) electrons. The van der Waals surface area contributed by atoms with Crippen molar-refractivity contribution in [3.8, 4) is 0 Å². The predicted molar refractivity (Wildman–Crippen MR) is 78.0 cm³/mol. The molecule has 20 heavy (non-hydrogen) atoms. The van der Waals surface area contributed by atoms with Crippen LogP contribution in [0.4, 0.5) is 11.4 Å². The SMILES string of the molecule is CCOCC(C)Nc1ccc2ncccc2c1[N+](=O)[O-]. The van der Waals surface area contributed by atoms with Crippen LogP contribution in [0.1, 0.15) is 13.8 Å². The Kier molecular flexibility index (Phi) is 4.47. The molecule has 1 heterocycles. The van der Waals surface area contributed by atoms with Crippen molar-refractivity contribution in [2.75, 3.05) is 18.5 Å². The topological polar surface area (TPSA) is 77.3 Å². The number of pyridine rings is 1. The maximum absolute atomic E-state index is 11.3. The minimum atomic E-state index is -0.375. The van der Waals surface area contributed by atoms with Gasteiger partial charge in [0.2, 0.25) is 0 Å². The summed E-state index contributed by atoms with van der Waals surface area (Å²) in [6.07, 6.45) is 1.62. The normalized spacial score (nSPS) is 12.3. The summed E-state index contributed by atoms with van der Waals surface area (Å²) < 4.78 is 5.31. The summed E-state index contributed by atoms with van der Waals surface area (Å²) in [6.45, 7) is 4.96. The van der Waals surface area contributed by atoms with Crippen LogP contribution in [-0.4, -0.2) is 29.2 Å². The zero-order chi connectivity index (χ0) is 14.5. The van der Waals surface area contributed by atoms with Crippen molar-refractivity contribution < 1.29 is 9.66 Å². The van der Waals surface area contributed by atoms with E-state index in [-0.39, 0.29) is 16.7 Å². The second kappa shape index (κ2) is 6.29. The minimum Gasteiger partial charge on any atom is -0.380 e. The van der Waals surface area contributed by atoms with E-state index >= 15 is 0 Å². The summed E-state index contributed by atoms with van der Waals surface area (Å²) >= 11 is 0. The molecule has 0 fully saturated rings. The third-order valence-corrected chi connectivity index (χ3v) is 2.91. The molecule has 0 aliphatic heterocycles. The summed E-state index contributed by atoms with van der Waals surface area (Å²) in [5, 5.41) is 15.0. The zero-order valence-corrected chi connectivity index (χ0v) is 11.5.